The molecule has 43 heavy (non-hydrogen) atoms. The van der Waals surface area contributed by atoms with E-state index in [2.05, 4.69) is 158 Å². The van der Waals surface area contributed by atoms with Crippen molar-refractivity contribution in [3.05, 3.63) is 169 Å². The Balaban J connectivity index is 1.25. The fourth-order valence-corrected chi connectivity index (χ4v) is 7.42. The second-order valence-corrected chi connectivity index (χ2v) is 11.6. The topological polar surface area (TPSA) is 0 Å². The summed E-state index contributed by atoms with van der Waals surface area (Å²) < 4.78 is 0. The van der Waals surface area contributed by atoms with E-state index in [-0.39, 0.29) is 0 Å². The minimum atomic E-state index is 0.994. The fourth-order valence-electron chi connectivity index (χ4n) is 7.42. The summed E-state index contributed by atoms with van der Waals surface area (Å²) in [5.74, 6) is 0. The molecule has 0 radical (unpaired) electrons. The molecule has 1 aliphatic rings. The van der Waals surface area contributed by atoms with Gasteiger partial charge >= 0.3 is 0 Å². The van der Waals surface area contributed by atoms with Crippen LogP contribution in [0.3, 0.4) is 0 Å². The zero-order chi connectivity index (χ0) is 28.3. The van der Waals surface area contributed by atoms with E-state index in [1.807, 2.05) is 0 Å². The van der Waals surface area contributed by atoms with Gasteiger partial charge in [-0.2, -0.15) is 0 Å². The minimum Gasteiger partial charge on any atom is -0.0619 e. The van der Waals surface area contributed by atoms with E-state index in [1.54, 1.807) is 0 Å². The van der Waals surface area contributed by atoms with Crippen molar-refractivity contribution >= 4 is 32.3 Å². The zero-order valence-corrected chi connectivity index (χ0v) is 23.7. The Bertz CT molecular complexity index is 2290. The Morgan fingerprint density at radius 1 is 0.302 bits per heavy atom. The summed E-state index contributed by atoms with van der Waals surface area (Å²) in [6.45, 7) is 0. The summed E-state index contributed by atoms with van der Waals surface area (Å²) in [5, 5.41) is 7.70. The maximum atomic E-state index is 2.32. The first-order valence-electron chi connectivity index (χ1n) is 15.1. The molecule has 0 aromatic heterocycles. The van der Waals surface area contributed by atoms with Gasteiger partial charge in [0.05, 0.1) is 0 Å². The molecule has 0 aliphatic heterocycles. The Morgan fingerprint density at radius 2 is 0.791 bits per heavy atom. The number of hydrogen-bond donors (Lipinski definition) is 0. The van der Waals surface area contributed by atoms with E-state index in [1.165, 1.54) is 88.0 Å². The maximum absolute atomic E-state index is 2.32. The number of hydrogen-bond acceptors (Lipinski definition) is 0. The predicted molar refractivity (Wildman–Crippen MR) is 184 cm³/mol. The Kier molecular flexibility index (Phi) is 5.36. The lowest BCUT2D eigenvalue weighted by Gasteiger charge is -2.19. The molecule has 0 fully saturated rings. The van der Waals surface area contributed by atoms with Crippen molar-refractivity contribution in [3.63, 3.8) is 0 Å². The smallest absolute Gasteiger partial charge is 0.000729 e. The molecule has 0 N–H and O–H groups in total. The molecule has 0 heterocycles. The highest BCUT2D eigenvalue weighted by Gasteiger charge is 2.22. The molecular weight excluding hydrogens is 516 g/mol. The molecule has 8 aromatic carbocycles. The summed E-state index contributed by atoms with van der Waals surface area (Å²) in [6, 6.07) is 58.1. The molecule has 0 heteroatoms. The summed E-state index contributed by atoms with van der Waals surface area (Å²) in [5.41, 5.74) is 13.4. The zero-order valence-electron chi connectivity index (χ0n) is 23.7. The molecule has 0 nitrogen and oxygen atoms in total. The second-order valence-electron chi connectivity index (χ2n) is 11.6. The molecule has 0 unspecified atom stereocenters. The van der Waals surface area contributed by atoms with Crippen LogP contribution in [0.2, 0.25) is 0 Å². The van der Waals surface area contributed by atoms with E-state index in [9.17, 15) is 0 Å². The third kappa shape index (κ3) is 3.70. The van der Waals surface area contributed by atoms with Crippen molar-refractivity contribution in [1.82, 2.24) is 0 Å². The van der Waals surface area contributed by atoms with Crippen molar-refractivity contribution in [2.75, 3.05) is 0 Å². The van der Waals surface area contributed by atoms with Crippen LogP contribution in [0.5, 0.6) is 0 Å². The first kappa shape index (κ1) is 24.2. The molecule has 9 rings (SSSR count). The standard InChI is InChI=1S/C43H28/c1-3-14-32-28(11-1)13-9-22-36(32)43-39-18-7-5-16-37(39)42(38-17-6-8-19-40(38)43)30-25-23-29(24-26-30)33-20-10-21-35-34-15-4-2-12-31(34)27-41(33)35/h1-26H,27H2. The van der Waals surface area contributed by atoms with E-state index in [4.69, 9.17) is 0 Å². The van der Waals surface area contributed by atoms with Gasteiger partial charge in [-0.3, -0.25) is 0 Å². The third-order valence-electron chi connectivity index (χ3n) is 9.33. The average molecular weight is 545 g/mol. The van der Waals surface area contributed by atoms with Crippen LogP contribution in [0.4, 0.5) is 0 Å². The summed E-state index contributed by atoms with van der Waals surface area (Å²) in [4.78, 5) is 0. The molecule has 1 aliphatic carbocycles. The molecule has 0 atom stereocenters. The summed E-state index contributed by atoms with van der Waals surface area (Å²) in [7, 11) is 0. The molecule has 8 aromatic rings. The molecule has 200 valence electrons. The molecule has 0 amide bonds. The first-order valence-corrected chi connectivity index (χ1v) is 15.1. The molecular formula is C43H28. The van der Waals surface area contributed by atoms with Gasteiger partial charge in [0, 0.05) is 0 Å². The number of rotatable bonds is 3. The lowest BCUT2D eigenvalue weighted by atomic mass is 9.84. The van der Waals surface area contributed by atoms with Crippen LogP contribution in [0, 0.1) is 0 Å². The van der Waals surface area contributed by atoms with Gasteiger partial charge in [-0.1, -0.05) is 158 Å². The Morgan fingerprint density at radius 3 is 1.53 bits per heavy atom. The molecule has 0 spiro atoms. The van der Waals surface area contributed by atoms with Crippen molar-refractivity contribution in [2.24, 2.45) is 0 Å². The van der Waals surface area contributed by atoms with Crippen LogP contribution < -0.4 is 0 Å². The van der Waals surface area contributed by atoms with Gasteiger partial charge in [-0.25, -0.2) is 0 Å². The van der Waals surface area contributed by atoms with Gasteiger partial charge < -0.3 is 0 Å². The average Bonchev–Trinajstić information content (AvgIpc) is 3.46. The van der Waals surface area contributed by atoms with E-state index in [0.717, 1.165) is 6.42 Å². The van der Waals surface area contributed by atoms with Gasteiger partial charge in [0.15, 0.2) is 0 Å². The summed E-state index contributed by atoms with van der Waals surface area (Å²) >= 11 is 0. The Hall–Kier alpha value is -5.46. The van der Waals surface area contributed by atoms with Gasteiger partial charge in [0.2, 0.25) is 0 Å². The van der Waals surface area contributed by atoms with Crippen LogP contribution in [0.1, 0.15) is 11.1 Å². The normalized spacial score (nSPS) is 12.1. The molecule has 0 bridgehead atoms. The minimum absolute atomic E-state index is 0.994. The van der Waals surface area contributed by atoms with Gasteiger partial charge in [0.25, 0.3) is 0 Å². The lowest BCUT2D eigenvalue weighted by Crippen LogP contribution is -1.92. The van der Waals surface area contributed by atoms with Crippen molar-refractivity contribution in [2.45, 2.75) is 6.42 Å². The Labute approximate surface area is 251 Å². The van der Waals surface area contributed by atoms with Crippen LogP contribution >= 0.6 is 0 Å². The largest absolute Gasteiger partial charge is 0.0619 e. The highest BCUT2D eigenvalue weighted by atomic mass is 14.3. The second kappa shape index (κ2) is 9.54. The van der Waals surface area contributed by atoms with E-state index < -0.39 is 0 Å². The van der Waals surface area contributed by atoms with E-state index in [0.29, 0.717) is 0 Å². The van der Waals surface area contributed by atoms with Crippen molar-refractivity contribution < 1.29 is 0 Å². The van der Waals surface area contributed by atoms with E-state index >= 15 is 0 Å². The highest BCUT2D eigenvalue weighted by Crippen LogP contribution is 2.46. The predicted octanol–water partition coefficient (Wildman–Crippen LogP) is 11.7. The summed E-state index contributed by atoms with van der Waals surface area (Å²) in [6.07, 6.45) is 0.994. The number of benzene rings is 8. The van der Waals surface area contributed by atoms with Crippen molar-refractivity contribution in [1.29, 1.82) is 0 Å². The van der Waals surface area contributed by atoms with Crippen LogP contribution in [0.15, 0.2) is 158 Å². The molecule has 0 saturated carbocycles. The fraction of sp³-hybridized carbons (Fsp3) is 0.0233. The number of fused-ring (bicyclic) bond motifs is 6. The van der Waals surface area contributed by atoms with Crippen LogP contribution in [-0.2, 0) is 6.42 Å². The molecule has 0 saturated heterocycles. The maximum Gasteiger partial charge on any atom is -0.000729 e. The van der Waals surface area contributed by atoms with Crippen molar-refractivity contribution in [3.8, 4) is 44.5 Å². The van der Waals surface area contributed by atoms with Crippen LogP contribution in [-0.4, -0.2) is 0 Å². The lowest BCUT2D eigenvalue weighted by molar-refractivity contribution is 1.26. The van der Waals surface area contributed by atoms with Gasteiger partial charge in [-0.05, 0) is 94.4 Å². The third-order valence-corrected chi connectivity index (χ3v) is 9.33. The highest BCUT2D eigenvalue weighted by molar-refractivity contribution is 6.23. The van der Waals surface area contributed by atoms with Gasteiger partial charge in [-0.15, -0.1) is 0 Å². The SMILES string of the molecule is c1ccc2c(c1)Cc1c(-c3ccc(-c4c5ccccc5c(-c5cccc6ccccc56)c5ccccc45)cc3)cccc1-2. The monoisotopic (exact) mass is 544 g/mol. The van der Waals surface area contributed by atoms with Crippen LogP contribution in [0.25, 0.3) is 76.8 Å². The quantitative estimate of drug-likeness (QED) is 0.194. The first-order chi connectivity index (χ1) is 21.3. The van der Waals surface area contributed by atoms with Gasteiger partial charge in [0.1, 0.15) is 0 Å².